The van der Waals surface area contributed by atoms with Gasteiger partial charge in [-0.15, -0.1) is 0 Å². The summed E-state index contributed by atoms with van der Waals surface area (Å²) >= 11 is 11.1. The number of hydrogen-bond acceptors (Lipinski definition) is 7. The Bertz CT molecular complexity index is 1130. The molecule has 11 heteroatoms. The Morgan fingerprint density at radius 1 is 1.21 bits per heavy atom. The summed E-state index contributed by atoms with van der Waals surface area (Å²) in [5.74, 6) is -1.04. The van der Waals surface area contributed by atoms with Crippen molar-refractivity contribution in [2.75, 3.05) is 11.7 Å². The van der Waals surface area contributed by atoms with Gasteiger partial charge in [-0.1, -0.05) is 17.7 Å². The summed E-state index contributed by atoms with van der Waals surface area (Å²) in [5, 5.41) is 14.1. The molecule has 29 heavy (non-hydrogen) atoms. The Hall–Kier alpha value is -3.50. The SMILES string of the molecule is O=C1NC(=S)N(c2cccc(Cl)c2)C(=O)/C1=C/c1cc2c(cc1[N+](=O)[O-])OCO2. The first-order valence-corrected chi connectivity index (χ1v) is 8.89. The highest BCUT2D eigenvalue weighted by molar-refractivity contribution is 7.80. The largest absolute Gasteiger partial charge is 0.454 e. The van der Waals surface area contributed by atoms with Gasteiger partial charge in [-0.25, -0.2) is 0 Å². The lowest BCUT2D eigenvalue weighted by atomic mass is 10.0. The normalized spacial score (nSPS) is 16.9. The van der Waals surface area contributed by atoms with E-state index in [0.29, 0.717) is 10.7 Å². The summed E-state index contributed by atoms with van der Waals surface area (Å²) in [6, 6.07) is 8.85. The quantitative estimate of drug-likeness (QED) is 0.261. The van der Waals surface area contributed by atoms with E-state index in [-0.39, 0.29) is 40.2 Å². The second kappa shape index (κ2) is 7.15. The van der Waals surface area contributed by atoms with Crippen LogP contribution < -0.4 is 19.7 Å². The molecule has 9 nitrogen and oxygen atoms in total. The van der Waals surface area contributed by atoms with Crippen molar-refractivity contribution in [2.24, 2.45) is 0 Å². The summed E-state index contributed by atoms with van der Waals surface area (Å²) < 4.78 is 10.4. The highest BCUT2D eigenvalue weighted by atomic mass is 35.5. The lowest BCUT2D eigenvalue weighted by Gasteiger charge is -2.29. The molecule has 2 heterocycles. The Labute approximate surface area is 173 Å². The van der Waals surface area contributed by atoms with E-state index in [1.165, 1.54) is 18.2 Å². The zero-order valence-electron chi connectivity index (χ0n) is 14.4. The average Bonchev–Trinajstić information content (AvgIpc) is 3.11. The topological polar surface area (TPSA) is 111 Å². The standard InChI is InChI=1S/C18H10ClN3O6S/c19-10-2-1-3-11(6-10)21-17(24)12(16(23)20-18(21)29)4-9-5-14-15(28-8-27-14)7-13(9)22(25)26/h1-7H,8H2,(H,20,23,29)/b12-4+. The number of thiocarbonyl (C=S) groups is 1. The van der Waals surface area contributed by atoms with E-state index in [4.69, 9.17) is 33.3 Å². The Kier molecular flexibility index (Phi) is 4.65. The number of rotatable bonds is 3. The number of halogens is 1. The molecule has 2 amide bonds. The first kappa shape index (κ1) is 18.8. The summed E-state index contributed by atoms with van der Waals surface area (Å²) in [4.78, 5) is 37.3. The smallest absolute Gasteiger partial charge is 0.280 e. The molecule has 1 saturated heterocycles. The van der Waals surface area contributed by atoms with Crippen molar-refractivity contribution < 1.29 is 24.0 Å². The molecule has 0 spiro atoms. The van der Waals surface area contributed by atoms with Crippen LogP contribution in [-0.4, -0.2) is 28.6 Å². The first-order chi connectivity index (χ1) is 13.8. The second-order valence-electron chi connectivity index (χ2n) is 5.96. The van der Waals surface area contributed by atoms with Crippen LogP contribution in [0.1, 0.15) is 5.56 Å². The van der Waals surface area contributed by atoms with Gasteiger partial charge in [-0.05, 0) is 42.6 Å². The van der Waals surface area contributed by atoms with Crippen LogP contribution in [0.2, 0.25) is 5.02 Å². The summed E-state index contributed by atoms with van der Waals surface area (Å²) in [5.41, 5.74) is -0.319. The highest BCUT2D eigenvalue weighted by Gasteiger charge is 2.35. The van der Waals surface area contributed by atoms with Crippen molar-refractivity contribution in [3.63, 3.8) is 0 Å². The molecule has 0 saturated carbocycles. The van der Waals surface area contributed by atoms with E-state index < -0.39 is 16.7 Å². The monoisotopic (exact) mass is 431 g/mol. The number of nitro benzene ring substituents is 1. The Morgan fingerprint density at radius 3 is 2.62 bits per heavy atom. The maximum absolute atomic E-state index is 13.0. The minimum Gasteiger partial charge on any atom is -0.454 e. The number of carbonyl (C=O) groups excluding carboxylic acids is 2. The fourth-order valence-corrected chi connectivity index (χ4v) is 3.35. The number of anilines is 1. The van der Waals surface area contributed by atoms with Gasteiger partial charge in [0.25, 0.3) is 17.5 Å². The van der Waals surface area contributed by atoms with E-state index >= 15 is 0 Å². The van der Waals surface area contributed by atoms with Crippen LogP contribution in [0.25, 0.3) is 6.08 Å². The minimum atomic E-state index is -0.773. The molecule has 4 rings (SSSR count). The van der Waals surface area contributed by atoms with Gasteiger partial charge in [0, 0.05) is 5.02 Å². The fraction of sp³-hybridized carbons (Fsp3) is 0.0556. The van der Waals surface area contributed by atoms with Crippen molar-refractivity contribution in [2.45, 2.75) is 0 Å². The van der Waals surface area contributed by atoms with Crippen molar-refractivity contribution in [1.29, 1.82) is 0 Å². The van der Waals surface area contributed by atoms with E-state index in [1.54, 1.807) is 18.2 Å². The number of fused-ring (bicyclic) bond motifs is 1. The third-order valence-corrected chi connectivity index (χ3v) is 4.71. The summed E-state index contributed by atoms with van der Waals surface area (Å²) in [7, 11) is 0. The van der Waals surface area contributed by atoms with Crippen LogP contribution in [0.15, 0.2) is 42.0 Å². The average molecular weight is 432 g/mol. The van der Waals surface area contributed by atoms with Gasteiger partial charge in [0.15, 0.2) is 16.6 Å². The van der Waals surface area contributed by atoms with Crippen molar-refractivity contribution in [1.82, 2.24) is 5.32 Å². The van der Waals surface area contributed by atoms with Gasteiger partial charge in [-0.2, -0.15) is 0 Å². The van der Waals surface area contributed by atoms with Gasteiger partial charge in [-0.3, -0.25) is 29.9 Å². The zero-order valence-corrected chi connectivity index (χ0v) is 16.0. The first-order valence-electron chi connectivity index (χ1n) is 8.10. The van der Waals surface area contributed by atoms with Crippen LogP contribution in [0.4, 0.5) is 11.4 Å². The molecule has 2 aromatic carbocycles. The third-order valence-electron chi connectivity index (χ3n) is 4.19. The zero-order chi connectivity index (χ0) is 20.7. The number of nitrogens with one attached hydrogen (secondary N) is 1. The number of amides is 2. The summed E-state index contributed by atoms with van der Waals surface area (Å²) in [6.45, 7) is -0.0806. The molecule has 0 aromatic heterocycles. The van der Waals surface area contributed by atoms with Crippen LogP contribution in [-0.2, 0) is 9.59 Å². The number of nitro groups is 1. The van der Waals surface area contributed by atoms with E-state index in [2.05, 4.69) is 5.32 Å². The van der Waals surface area contributed by atoms with Gasteiger partial charge in [0.2, 0.25) is 6.79 Å². The number of nitrogens with zero attached hydrogens (tertiary/aromatic N) is 2. The van der Waals surface area contributed by atoms with E-state index in [1.807, 2.05) is 0 Å². The highest BCUT2D eigenvalue weighted by Crippen LogP contribution is 2.39. The molecule has 1 fully saturated rings. The second-order valence-corrected chi connectivity index (χ2v) is 6.78. The third kappa shape index (κ3) is 3.39. The molecular formula is C18H10ClN3O6S. The molecule has 1 N–H and O–H groups in total. The van der Waals surface area contributed by atoms with E-state index in [0.717, 1.165) is 11.0 Å². The Morgan fingerprint density at radius 2 is 1.93 bits per heavy atom. The molecule has 2 aliphatic rings. The van der Waals surface area contributed by atoms with Crippen molar-refractivity contribution in [3.05, 3.63) is 62.7 Å². The lowest BCUT2D eigenvalue weighted by Crippen LogP contribution is -2.54. The molecule has 146 valence electrons. The van der Waals surface area contributed by atoms with Crippen LogP contribution in [0.3, 0.4) is 0 Å². The number of carbonyl (C=O) groups is 2. The molecule has 0 aliphatic carbocycles. The molecule has 0 bridgehead atoms. The summed E-state index contributed by atoms with van der Waals surface area (Å²) in [6.07, 6.45) is 1.12. The molecule has 0 radical (unpaired) electrons. The van der Waals surface area contributed by atoms with Crippen LogP contribution in [0, 0.1) is 10.1 Å². The number of ether oxygens (including phenoxy) is 2. The maximum atomic E-state index is 13.0. The predicted octanol–water partition coefficient (Wildman–Crippen LogP) is 2.81. The lowest BCUT2D eigenvalue weighted by molar-refractivity contribution is -0.385. The van der Waals surface area contributed by atoms with Crippen LogP contribution in [0.5, 0.6) is 11.5 Å². The van der Waals surface area contributed by atoms with E-state index in [9.17, 15) is 19.7 Å². The van der Waals surface area contributed by atoms with Crippen molar-refractivity contribution >= 4 is 58.2 Å². The van der Waals surface area contributed by atoms with Gasteiger partial charge < -0.3 is 9.47 Å². The maximum Gasteiger partial charge on any atom is 0.280 e. The minimum absolute atomic E-state index is 0.0108. The van der Waals surface area contributed by atoms with Gasteiger partial charge in [0.05, 0.1) is 22.2 Å². The number of hydrogen-bond donors (Lipinski definition) is 1. The number of benzene rings is 2. The molecule has 2 aromatic rings. The molecule has 0 unspecified atom stereocenters. The molecule has 2 aliphatic heterocycles. The fourth-order valence-electron chi connectivity index (χ4n) is 2.88. The predicted molar refractivity (Wildman–Crippen MR) is 107 cm³/mol. The van der Waals surface area contributed by atoms with Gasteiger partial charge in [0.1, 0.15) is 5.57 Å². The van der Waals surface area contributed by atoms with Gasteiger partial charge >= 0.3 is 0 Å². The Balaban J connectivity index is 1.81. The van der Waals surface area contributed by atoms with Crippen LogP contribution >= 0.6 is 23.8 Å². The molecule has 0 atom stereocenters. The van der Waals surface area contributed by atoms with Crippen molar-refractivity contribution in [3.8, 4) is 11.5 Å². The molecular weight excluding hydrogens is 422 g/mol.